The second-order valence-corrected chi connectivity index (χ2v) is 5.94. The summed E-state index contributed by atoms with van der Waals surface area (Å²) in [7, 11) is 1.51. The largest absolute Gasteiger partial charge is 0.493 e. The van der Waals surface area contributed by atoms with Gasteiger partial charge in [-0.2, -0.15) is 0 Å². The van der Waals surface area contributed by atoms with E-state index >= 15 is 0 Å². The number of carboxylic acids is 1. The third-order valence-electron chi connectivity index (χ3n) is 3.45. The van der Waals surface area contributed by atoms with Gasteiger partial charge in [-0.05, 0) is 38.5 Å². The maximum Gasteiger partial charge on any atom is 0.310 e. The van der Waals surface area contributed by atoms with Gasteiger partial charge in [0.2, 0.25) is 0 Å². The maximum atomic E-state index is 12.2. The Balaban J connectivity index is 2.76. The molecule has 0 atom stereocenters. The van der Waals surface area contributed by atoms with Crippen LogP contribution in [0.1, 0.15) is 44.0 Å². The van der Waals surface area contributed by atoms with Gasteiger partial charge in [0.25, 0.3) is 5.91 Å². The van der Waals surface area contributed by atoms with Crippen LogP contribution in [0.2, 0.25) is 0 Å². The van der Waals surface area contributed by atoms with Crippen LogP contribution in [0, 0.1) is 5.41 Å². The van der Waals surface area contributed by atoms with Crippen LogP contribution in [0.25, 0.3) is 0 Å². The van der Waals surface area contributed by atoms with Gasteiger partial charge in [0.05, 0.1) is 19.1 Å². The Labute approximate surface area is 136 Å². The maximum absolute atomic E-state index is 12.2. The minimum Gasteiger partial charge on any atom is -0.493 e. The van der Waals surface area contributed by atoms with Crippen LogP contribution in [-0.4, -0.2) is 37.2 Å². The van der Waals surface area contributed by atoms with E-state index in [4.69, 9.17) is 14.6 Å². The van der Waals surface area contributed by atoms with E-state index in [1.807, 2.05) is 0 Å². The highest BCUT2D eigenvalue weighted by atomic mass is 16.5. The summed E-state index contributed by atoms with van der Waals surface area (Å²) in [6.07, 6.45) is 1.97. The smallest absolute Gasteiger partial charge is 0.310 e. The van der Waals surface area contributed by atoms with Gasteiger partial charge in [-0.3, -0.25) is 9.59 Å². The molecular weight excluding hydrogens is 298 g/mol. The lowest BCUT2D eigenvalue weighted by molar-refractivity contribution is -0.146. The topological polar surface area (TPSA) is 84.9 Å². The summed E-state index contributed by atoms with van der Waals surface area (Å²) in [5, 5.41) is 11.7. The number of benzene rings is 1. The second kappa shape index (κ2) is 8.41. The van der Waals surface area contributed by atoms with Crippen LogP contribution in [0.5, 0.6) is 11.5 Å². The minimum absolute atomic E-state index is 0.0399. The molecule has 0 aliphatic rings. The van der Waals surface area contributed by atoms with Gasteiger partial charge in [0, 0.05) is 12.1 Å². The van der Waals surface area contributed by atoms with E-state index in [0.29, 0.717) is 23.7 Å². The molecule has 0 aliphatic carbocycles. The number of amides is 1. The first-order chi connectivity index (χ1) is 10.8. The summed E-state index contributed by atoms with van der Waals surface area (Å²) in [5.41, 5.74) is -0.631. The molecule has 0 bridgehead atoms. The minimum atomic E-state index is -1.02. The molecule has 0 aliphatic heterocycles. The predicted octanol–water partition coefficient (Wildman–Crippen LogP) is 2.71. The van der Waals surface area contributed by atoms with Gasteiger partial charge >= 0.3 is 5.97 Å². The molecule has 128 valence electrons. The van der Waals surface area contributed by atoms with Gasteiger partial charge < -0.3 is 19.9 Å². The standard InChI is InChI=1S/C17H25NO5/c1-5-6-9-23-13-8-7-12(10-14(13)22-4)15(19)18-11-17(2,3)16(20)21/h7-8,10H,5-6,9,11H2,1-4H3,(H,18,19)(H,20,21). The van der Waals surface area contributed by atoms with Crippen molar-refractivity contribution in [2.24, 2.45) is 5.41 Å². The molecule has 0 unspecified atom stereocenters. The third-order valence-corrected chi connectivity index (χ3v) is 3.45. The highest BCUT2D eigenvalue weighted by molar-refractivity contribution is 5.95. The first-order valence-corrected chi connectivity index (χ1v) is 7.64. The number of carboxylic acid groups (broad SMARTS) is 1. The molecule has 1 amide bonds. The Morgan fingerprint density at radius 1 is 1.26 bits per heavy atom. The molecule has 0 aromatic heterocycles. The number of carbonyl (C=O) groups is 2. The molecule has 0 heterocycles. The number of methoxy groups -OCH3 is 1. The van der Waals surface area contributed by atoms with Crippen molar-refractivity contribution in [2.75, 3.05) is 20.3 Å². The molecule has 6 nitrogen and oxygen atoms in total. The van der Waals surface area contributed by atoms with Crippen LogP contribution in [0.3, 0.4) is 0 Å². The zero-order valence-corrected chi connectivity index (χ0v) is 14.1. The van der Waals surface area contributed by atoms with Crippen LogP contribution >= 0.6 is 0 Å². The average Bonchev–Trinajstić information content (AvgIpc) is 2.53. The van der Waals surface area contributed by atoms with Crippen molar-refractivity contribution in [3.05, 3.63) is 23.8 Å². The molecular formula is C17H25NO5. The predicted molar refractivity (Wildman–Crippen MR) is 87.1 cm³/mol. The molecule has 0 saturated carbocycles. The monoisotopic (exact) mass is 323 g/mol. The quantitative estimate of drug-likeness (QED) is 0.683. The Bertz CT molecular complexity index is 554. The van der Waals surface area contributed by atoms with Crippen molar-refractivity contribution in [3.63, 3.8) is 0 Å². The van der Waals surface area contributed by atoms with E-state index in [0.717, 1.165) is 12.8 Å². The fourth-order valence-corrected chi connectivity index (χ4v) is 1.73. The molecule has 0 spiro atoms. The summed E-state index contributed by atoms with van der Waals surface area (Å²) in [4.78, 5) is 23.2. The van der Waals surface area contributed by atoms with Crippen molar-refractivity contribution < 1.29 is 24.2 Å². The van der Waals surface area contributed by atoms with E-state index in [1.165, 1.54) is 7.11 Å². The van der Waals surface area contributed by atoms with Gasteiger partial charge in [0.1, 0.15) is 0 Å². The number of carbonyl (C=O) groups excluding carboxylic acids is 1. The number of rotatable bonds is 9. The van der Waals surface area contributed by atoms with Gasteiger partial charge in [-0.25, -0.2) is 0 Å². The van der Waals surface area contributed by atoms with Crippen molar-refractivity contribution in [3.8, 4) is 11.5 Å². The van der Waals surface area contributed by atoms with Crippen LogP contribution in [-0.2, 0) is 4.79 Å². The van der Waals surface area contributed by atoms with Gasteiger partial charge in [-0.1, -0.05) is 13.3 Å². The van der Waals surface area contributed by atoms with Gasteiger partial charge in [0.15, 0.2) is 11.5 Å². The Morgan fingerprint density at radius 2 is 1.96 bits per heavy atom. The Hall–Kier alpha value is -2.24. The second-order valence-electron chi connectivity index (χ2n) is 5.94. The molecule has 2 N–H and O–H groups in total. The zero-order valence-electron chi connectivity index (χ0n) is 14.1. The summed E-state index contributed by atoms with van der Waals surface area (Å²) < 4.78 is 10.9. The first kappa shape index (κ1) is 18.8. The van der Waals surface area contributed by atoms with Crippen LogP contribution in [0.15, 0.2) is 18.2 Å². The lowest BCUT2D eigenvalue weighted by Gasteiger charge is -2.19. The molecule has 6 heteroatoms. The average molecular weight is 323 g/mol. The third kappa shape index (κ3) is 5.47. The molecule has 23 heavy (non-hydrogen) atoms. The van der Waals surface area contributed by atoms with E-state index in [2.05, 4.69) is 12.2 Å². The summed E-state index contributed by atoms with van der Waals surface area (Å²) in [6, 6.07) is 4.91. The van der Waals surface area contributed by atoms with Crippen LogP contribution < -0.4 is 14.8 Å². The number of ether oxygens (including phenoxy) is 2. The molecule has 1 aromatic rings. The van der Waals surface area contributed by atoms with Crippen molar-refractivity contribution in [2.45, 2.75) is 33.6 Å². The zero-order chi connectivity index (χ0) is 17.5. The van der Waals surface area contributed by atoms with E-state index < -0.39 is 11.4 Å². The Morgan fingerprint density at radius 3 is 2.52 bits per heavy atom. The molecule has 1 rings (SSSR count). The lowest BCUT2D eigenvalue weighted by Crippen LogP contribution is -2.38. The highest BCUT2D eigenvalue weighted by Gasteiger charge is 2.27. The lowest BCUT2D eigenvalue weighted by atomic mass is 9.94. The van der Waals surface area contributed by atoms with E-state index in [9.17, 15) is 9.59 Å². The van der Waals surface area contributed by atoms with Crippen LogP contribution in [0.4, 0.5) is 0 Å². The summed E-state index contributed by atoms with van der Waals surface area (Å²) in [6.45, 7) is 5.82. The number of hydrogen-bond acceptors (Lipinski definition) is 4. The summed E-state index contributed by atoms with van der Waals surface area (Å²) in [5.74, 6) is -0.248. The van der Waals surface area contributed by atoms with E-state index in [1.54, 1.807) is 32.0 Å². The van der Waals surface area contributed by atoms with E-state index in [-0.39, 0.29) is 12.5 Å². The number of unbranched alkanes of at least 4 members (excludes halogenated alkanes) is 1. The Kier molecular flexibility index (Phi) is 6.88. The SMILES string of the molecule is CCCCOc1ccc(C(=O)NCC(C)(C)C(=O)O)cc1OC. The molecule has 1 aromatic carbocycles. The summed E-state index contributed by atoms with van der Waals surface area (Å²) >= 11 is 0. The van der Waals surface area contributed by atoms with Gasteiger partial charge in [-0.15, -0.1) is 0 Å². The van der Waals surface area contributed by atoms with Crippen molar-refractivity contribution in [1.29, 1.82) is 0 Å². The normalized spacial score (nSPS) is 11.0. The fourth-order valence-electron chi connectivity index (χ4n) is 1.73. The number of aliphatic carboxylic acids is 1. The molecule has 0 saturated heterocycles. The molecule has 0 radical (unpaired) electrons. The first-order valence-electron chi connectivity index (χ1n) is 7.64. The molecule has 0 fully saturated rings. The van der Waals surface area contributed by atoms with Crippen molar-refractivity contribution in [1.82, 2.24) is 5.32 Å². The fraction of sp³-hybridized carbons (Fsp3) is 0.529. The number of hydrogen-bond donors (Lipinski definition) is 2. The number of nitrogens with one attached hydrogen (secondary N) is 1. The highest BCUT2D eigenvalue weighted by Crippen LogP contribution is 2.28. The van der Waals surface area contributed by atoms with Crippen molar-refractivity contribution >= 4 is 11.9 Å².